The van der Waals surface area contributed by atoms with Crippen molar-refractivity contribution in [2.24, 2.45) is 11.3 Å². The molecule has 12 heavy (non-hydrogen) atoms. The average molecular weight is 167 g/mol. The van der Waals surface area contributed by atoms with Crippen LogP contribution in [0.2, 0.25) is 0 Å². The van der Waals surface area contributed by atoms with Crippen molar-refractivity contribution < 1.29 is 4.74 Å². The molecule has 1 saturated carbocycles. The summed E-state index contributed by atoms with van der Waals surface area (Å²) in [4.78, 5) is 0. The molecule has 0 N–H and O–H groups in total. The minimum Gasteiger partial charge on any atom is -0.360 e. The molecule has 68 valence electrons. The molecule has 0 heterocycles. The highest BCUT2D eigenvalue weighted by molar-refractivity contribution is 5.15. The summed E-state index contributed by atoms with van der Waals surface area (Å²) < 4.78 is 5.48. The third-order valence-electron chi connectivity index (χ3n) is 2.84. The molecule has 1 rings (SSSR count). The van der Waals surface area contributed by atoms with Gasteiger partial charge >= 0.3 is 0 Å². The second-order valence-electron chi connectivity index (χ2n) is 4.40. The van der Waals surface area contributed by atoms with Crippen LogP contribution in [-0.4, -0.2) is 12.2 Å². The first kappa shape index (κ1) is 9.54. The molecule has 2 atom stereocenters. The summed E-state index contributed by atoms with van der Waals surface area (Å²) in [6.45, 7) is 8.83. The van der Waals surface area contributed by atoms with Crippen LogP contribution in [0.3, 0.4) is 0 Å². The lowest BCUT2D eigenvalue weighted by molar-refractivity contribution is -0.00526. The number of rotatable bonds is 3. The molecular weight excluding hydrogens is 150 g/mol. The van der Waals surface area contributed by atoms with E-state index in [1.807, 2.05) is 13.8 Å². The Kier molecular flexibility index (Phi) is 2.18. The first-order valence-corrected chi connectivity index (χ1v) is 4.51. The predicted molar refractivity (Wildman–Crippen MR) is 47.5 cm³/mol. The van der Waals surface area contributed by atoms with Crippen LogP contribution in [0.5, 0.6) is 0 Å². The van der Waals surface area contributed by atoms with Crippen LogP contribution in [0.15, 0.2) is 0 Å². The molecule has 0 amide bonds. The summed E-state index contributed by atoms with van der Waals surface area (Å²) in [6, 6.07) is 2.27. The van der Waals surface area contributed by atoms with Gasteiger partial charge in [0.15, 0.2) is 5.60 Å². The molecule has 1 aliphatic carbocycles. The van der Waals surface area contributed by atoms with Crippen molar-refractivity contribution >= 4 is 0 Å². The fourth-order valence-corrected chi connectivity index (χ4v) is 1.92. The number of hydrogen-bond donors (Lipinski definition) is 0. The van der Waals surface area contributed by atoms with Gasteiger partial charge in [0.25, 0.3) is 0 Å². The smallest absolute Gasteiger partial charge is 0.154 e. The van der Waals surface area contributed by atoms with Gasteiger partial charge in [-0.2, -0.15) is 5.26 Å². The van der Waals surface area contributed by atoms with E-state index in [9.17, 15) is 0 Å². The predicted octanol–water partition coefficient (Wildman–Crippen LogP) is 2.35. The fourth-order valence-electron chi connectivity index (χ4n) is 1.92. The average Bonchev–Trinajstić information content (AvgIpc) is 2.61. The van der Waals surface area contributed by atoms with Crippen molar-refractivity contribution in [2.45, 2.75) is 39.7 Å². The Morgan fingerprint density at radius 2 is 2.17 bits per heavy atom. The SMILES string of the molecule is CCOC(C)(C#N)C1CC1(C)C. The van der Waals surface area contributed by atoms with Crippen molar-refractivity contribution in [1.29, 1.82) is 5.26 Å². The maximum Gasteiger partial charge on any atom is 0.154 e. The summed E-state index contributed by atoms with van der Waals surface area (Å²) in [6.07, 6.45) is 1.11. The zero-order chi connectivity index (χ0) is 9.41. The van der Waals surface area contributed by atoms with E-state index in [0.29, 0.717) is 17.9 Å². The Labute approximate surface area is 74.5 Å². The fraction of sp³-hybridized carbons (Fsp3) is 0.900. The molecule has 0 bridgehead atoms. The second-order valence-corrected chi connectivity index (χ2v) is 4.40. The van der Waals surface area contributed by atoms with E-state index in [0.717, 1.165) is 6.42 Å². The molecule has 2 unspecified atom stereocenters. The Balaban J connectivity index is 2.65. The standard InChI is InChI=1S/C10H17NO/c1-5-12-10(4,7-11)8-6-9(8,2)3/h8H,5-6H2,1-4H3. The maximum absolute atomic E-state index is 8.98. The molecule has 0 aromatic heterocycles. The van der Waals surface area contributed by atoms with Gasteiger partial charge in [-0.1, -0.05) is 13.8 Å². The van der Waals surface area contributed by atoms with E-state index in [1.165, 1.54) is 0 Å². The summed E-state index contributed by atoms with van der Waals surface area (Å²) >= 11 is 0. The van der Waals surface area contributed by atoms with Gasteiger partial charge in [0.05, 0.1) is 6.07 Å². The molecule has 0 aliphatic heterocycles. The van der Waals surface area contributed by atoms with Crippen LogP contribution in [0.4, 0.5) is 0 Å². The third-order valence-corrected chi connectivity index (χ3v) is 2.84. The van der Waals surface area contributed by atoms with Gasteiger partial charge in [-0.05, 0) is 25.7 Å². The molecular formula is C10H17NO. The maximum atomic E-state index is 8.98. The molecule has 0 aromatic carbocycles. The summed E-state index contributed by atoms with van der Waals surface area (Å²) in [5.41, 5.74) is -0.252. The highest BCUT2D eigenvalue weighted by Crippen LogP contribution is 2.58. The van der Waals surface area contributed by atoms with Crippen LogP contribution >= 0.6 is 0 Å². The molecule has 0 spiro atoms. The monoisotopic (exact) mass is 167 g/mol. The number of nitrogens with zero attached hydrogens (tertiary/aromatic N) is 1. The Morgan fingerprint density at radius 1 is 1.67 bits per heavy atom. The second kappa shape index (κ2) is 2.74. The lowest BCUT2D eigenvalue weighted by atomic mass is 9.95. The van der Waals surface area contributed by atoms with E-state index in [2.05, 4.69) is 19.9 Å². The lowest BCUT2D eigenvalue weighted by Crippen LogP contribution is -2.31. The Bertz CT molecular complexity index is 216. The first-order valence-electron chi connectivity index (χ1n) is 4.51. The Morgan fingerprint density at radius 3 is 2.42 bits per heavy atom. The van der Waals surface area contributed by atoms with Crippen molar-refractivity contribution in [3.05, 3.63) is 0 Å². The highest BCUT2D eigenvalue weighted by atomic mass is 16.5. The van der Waals surface area contributed by atoms with Crippen LogP contribution < -0.4 is 0 Å². The number of nitriles is 1. The van der Waals surface area contributed by atoms with Gasteiger partial charge in [-0.25, -0.2) is 0 Å². The highest BCUT2D eigenvalue weighted by Gasteiger charge is 2.57. The number of hydrogen-bond acceptors (Lipinski definition) is 2. The lowest BCUT2D eigenvalue weighted by Gasteiger charge is -2.23. The Hall–Kier alpha value is -0.550. The largest absolute Gasteiger partial charge is 0.360 e. The molecule has 2 heteroatoms. The first-order chi connectivity index (χ1) is 5.46. The van der Waals surface area contributed by atoms with E-state index >= 15 is 0 Å². The van der Waals surface area contributed by atoms with E-state index < -0.39 is 5.60 Å². The van der Waals surface area contributed by atoms with Crippen LogP contribution in [-0.2, 0) is 4.74 Å². The van der Waals surface area contributed by atoms with E-state index in [4.69, 9.17) is 10.00 Å². The van der Waals surface area contributed by atoms with E-state index in [1.54, 1.807) is 0 Å². The van der Waals surface area contributed by atoms with Crippen molar-refractivity contribution in [1.82, 2.24) is 0 Å². The van der Waals surface area contributed by atoms with Crippen molar-refractivity contribution in [2.75, 3.05) is 6.61 Å². The minimum absolute atomic E-state index is 0.305. The van der Waals surface area contributed by atoms with Gasteiger partial charge in [0, 0.05) is 12.5 Å². The molecule has 1 aliphatic rings. The van der Waals surface area contributed by atoms with Crippen LogP contribution in [0, 0.1) is 22.7 Å². The van der Waals surface area contributed by atoms with Gasteiger partial charge in [-0.15, -0.1) is 0 Å². The molecule has 0 radical (unpaired) electrons. The van der Waals surface area contributed by atoms with Gasteiger partial charge in [-0.3, -0.25) is 0 Å². The molecule has 2 nitrogen and oxygen atoms in total. The number of ether oxygens (including phenoxy) is 1. The van der Waals surface area contributed by atoms with Crippen molar-refractivity contribution in [3.63, 3.8) is 0 Å². The summed E-state index contributed by atoms with van der Waals surface area (Å²) in [7, 11) is 0. The topological polar surface area (TPSA) is 33.0 Å². The zero-order valence-electron chi connectivity index (χ0n) is 8.35. The molecule has 0 saturated heterocycles. The minimum atomic E-state index is -0.557. The van der Waals surface area contributed by atoms with Crippen molar-refractivity contribution in [3.8, 4) is 6.07 Å². The quantitative estimate of drug-likeness (QED) is 0.646. The zero-order valence-corrected chi connectivity index (χ0v) is 8.35. The van der Waals surface area contributed by atoms with E-state index in [-0.39, 0.29) is 0 Å². The van der Waals surface area contributed by atoms with Crippen LogP contribution in [0.1, 0.15) is 34.1 Å². The summed E-state index contributed by atoms with van der Waals surface area (Å²) in [5, 5.41) is 8.98. The van der Waals surface area contributed by atoms with Gasteiger partial charge in [0.2, 0.25) is 0 Å². The molecule has 0 aromatic rings. The third kappa shape index (κ3) is 1.47. The van der Waals surface area contributed by atoms with Crippen LogP contribution in [0.25, 0.3) is 0 Å². The summed E-state index contributed by atoms with van der Waals surface area (Å²) in [5.74, 6) is 0.412. The van der Waals surface area contributed by atoms with Gasteiger partial charge in [0.1, 0.15) is 0 Å². The van der Waals surface area contributed by atoms with Gasteiger partial charge < -0.3 is 4.74 Å². The normalized spacial score (nSPS) is 30.4. The molecule has 1 fully saturated rings.